The Kier molecular flexibility index (Phi) is 9.58. The number of rotatable bonds is 9. The first-order valence-corrected chi connectivity index (χ1v) is 15.2. The molecule has 1 atom stereocenters. The van der Waals surface area contributed by atoms with Crippen molar-refractivity contribution in [3.8, 4) is 16.3 Å². The Balaban J connectivity index is 1.84. The molecule has 0 amide bonds. The van der Waals surface area contributed by atoms with Crippen LogP contribution in [0.1, 0.15) is 96.5 Å². The van der Waals surface area contributed by atoms with Crippen molar-refractivity contribution in [1.82, 2.24) is 10.3 Å². The minimum atomic E-state index is -0.153. The molecule has 0 bridgehead atoms. The lowest BCUT2D eigenvalue weighted by atomic mass is 9.78. The van der Waals surface area contributed by atoms with E-state index in [1.807, 2.05) is 11.8 Å². The molecule has 1 aromatic heterocycles. The molecule has 3 rings (SSSR count). The van der Waals surface area contributed by atoms with Crippen LogP contribution in [-0.2, 0) is 30.2 Å². The number of nitrogens with one attached hydrogen (secondary N) is 1. The number of hydrogen-bond donors (Lipinski definition) is 2. The van der Waals surface area contributed by atoms with Gasteiger partial charge in [-0.1, -0.05) is 81.4 Å². The van der Waals surface area contributed by atoms with Crippen molar-refractivity contribution in [2.24, 2.45) is 0 Å². The summed E-state index contributed by atoms with van der Waals surface area (Å²) in [6.45, 7) is 22.8. The van der Waals surface area contributed by atoms with Gasteiger partial charge in [0.25, 0.3) is 0 Å². The van der Waals surface area contributed by atoms with Crippen LogP contribution in [-0.4, -0.2) is 21.4 Å². The molecule has 0 radical (unpaired) electrons. The molecule has 0 saturated heterocycles. The highest BCUT2D eigenvalue weighted by Gasteiger charge is 2.27. The zero-order chi connectivity index (χ0) is 27.5. The first-order chi connectivity index (χ1) is 17.2. The lowest BCUT2D eigenvalue weighted by Crippen LogP contribution is -2.21. The molecular formula is C32H46N2OS2. The zero-order valence-electron chi connectivity index (χ0n) is 24.5. The second kappa shape index (κ2) is 11.9. The first-order valence-electron chi connectivity index (χ1n) is 13.5. The molecule has 37 heavy (non-hydrogen) atoms. The quantitative estimate of drug-likeness (QED) is 0.267. The summed E-state index contributed by atoms with van der Waals surface area (Å²) in [6, 6.07) is 13.7. The van der Waals surface area contributed by atoms with Crippen molar-refractivity contribution >= 4 is 23.1 Å². The Bertz CT molecular complexity index is 1150. The van der Waals surface area contributed by atoms with Gasteiger partial charge in [0.1, 0.15) is 10.8 Å². The van der Waals surface area contributed by atoms with Crippen LogP contribution in [0.15, 0.2) is 41.3 Å². The number of phenolic OH excluding ortho intramolecular Hbond substituents is 1. The third-order valence-electron chi connectivity index (χ3n) is 6.53. The van der Waals surface area contributed by atoms with E-state index >= 15 is 0 Å². The fourth-order valence-electron chi connectivity index (χ4n) is 4.40. The maximum atomic E-state index is 11.1. The molecule has 2 aromatic carbocycles. The minimum Gasteiger partial charge on any atom is -0.507 e. The van der Waals surface area contributed by atoms with Crippen molar-refractivity contribution in [3.05, 3.63) is 63.7 Å². The summed E-state index contributed by atoms with van der Waals surface area (Å²) in [4.78, 5) is 7.84. The van der Waals surface area contributed by atoms with E-state index in [0.29, 0.717) is 17.0 Å². The predicted molar refractivity (Wildman–Crippen MR) is 163 cm³/mol. The zero-order valence-corrected chi connectivity index (χ0v) is 26.1. The number of hydrogen-bond acceptors (Lipinski definition) is 5. The number of thiazole rings is 1. The van der Waals surface area contributed by atoms with Crippen LogP contribution in [0.25, 0.3) is 10.6 Å². The molecule has 0 saturated carbocycles. The monoisotopic (exact) mass is 538 g/mol. The SMILES string of the molecule is CCc1sc(-c2cc(C(C)(C)C)c(O)c(C(C)(C)C)c2)nc1CC(C)Sc1ccc(CNC(C)C)cc1. The molecule has 5 heteroatoms. The summed E-state index contributed by atoms with van der Waals surface area (Å²) >= 11 is 3.73. The first kappa shape index (κ1) is 29.7. The summed E-state index contributed by atoms with van der Waals surface area (Å²) in [7, 11) is 0. The van der Waals surface area contributed by atoms with Gasteiger partial charge in [0.05, 0.1) is 5.69 Å². The van der Waals surface area contributed by atoms with Crippen LogP contribution >= 0.6 is 23.1 Å². The summed E-state index contributed by atoms with van der Waals surface area (Å²) in [5.74, 6) is 0.423. The number of nitrogens with zero attached hydrogens (tertiary/aromatic N) is 1. The van der Waals surface area contributed by atoms with Gasteiger partial charge in [0.2, 0.25) is 0 Å². The van der Waals surface area contributed by atoms with Gasteiger partial charge < -0.3 is 10.4 Å². The average molecular weight is 539 g/mol. The second-order valence-corrected chi connectivity index (χ2v) is 15.1. The van der Waals surface area contributed by atoms with Gasteiger partial charge in [-0.15, -0.1) is 23.1 Å². The lowest BCUT2D eigenvalue weighted by Gasteiger charge is -2.28. The largest absolute Gasteiger partial charge is 0.507 e. The third kappa shape index (κ3) is 7.84. The molecule has 3 nitrogen and oxygen atoms in total. The molecule has 0 fully saturated rings. The van der Waals surface area contributed by atoms with E-state index in [9.17, 15) is 5.11 Å². The summed E-state index contributed by atoms with van der Waals surface area (Å²) in [6.07, 6.45) is 1.93. The Morgan fingerprint density at radius 1 is 0.946 bits per heavy atom. The van der Waals surface area contributed by atoms with Crippen molar-refractivity contribution in [2.75, 3.05) is 0 Å². The molecule has 2 N–H and O–H groups in total. The molecule has 0 aliphatic heterocycles. The fourth-order valence-corrected chi connectivity index (χ4v) is 6.41. The maximum Gasteiger partial charge on any atom is 0.123 e. The van der Waals surface area contributed by atoms with Gasteiger partial charge in [-0.25, -0.2) is 4.98 Å². The van der Waals surface area contributed by atoms with Gasteiger partial charge in [-0.2, -0.15) is 0 Å². The van der Waals surface area contributed by atoms with Crippen LogP contribution in [0.4, 0.5) is 0 Å². The van der Waals surface area contributed by atoms with Crippen molar-refractivity contribution in [2.45, 2.75) is 116 Å². The summed E-state index contributed by atoms with van der Waals surface area (Å²) in [5, 5.41) is 16.1. The average Bonchev–Trinajstić information content (AvgIpc) is 3.19. The summed E-state index contributed by atoms with van der Waals surface area (Å²) < 4.78 is 0. The van der Waals surface area contributed by atoms with Crippen LogP contribution in [0.3, 0.4) is 0 Å². The topological polar surface area (TPSA) is 45.2 Å². The van der Waals surface area contributed by atoms with E-state index in [1.165, 1.54) is 21.0 Å². The predicted octanol–water partition coefficient (Wildman–Crippen LogP) is 8.89. The van der Waals surface area contributed by atoms with Gasteiger partial charge in [-0.3, -0.25) is 0 Å². The van der Waals surface area contributed by atoms with Gasteiger partial charge >= 0.3 is 0 Å². The lowest BCUT2D eigenvalue weighted by molar-refractivity contribution is 0.423. The molecule has 3 aromatic rings. The van der Waals surface area contributed by atoms with E-state index in [-0.39, 0.29) is 10.8 Å². The van der Waals surface area contributed by atoms with E-state index in [0.717, 1.165) is 41.1 Å². The molecular weight excluding hydrogens is 492 g/mol. The Morgan fingerprint density at radius 3 is 2.00 bits per heavy atom. The highest BCUT2D eigenvalue weighted by atomic mass is 32.2. The Labute approximate surface area is 233 Å². The van der Waals surface area contributed by atoms with Gasteiger partial charge in [-0.05, 0) is 47.1 Å². The second-order valence-electron chi connectivity index (χ2n) is 12.5. The number of aryl methyl sites for hydroxylation is 1. The van der Waals surface area contributed by atoms with E-state index in [1.54, 1.807) is 11.3 Å². The third-order valence-corrected chi connectivity index (χ3v) is 8.93. The van der Waals surface area contributed by atoms with Crippen LogP contribution in [0, 0.1) is 0 Å². The standard InChI is InChI=1S/C32H46N2OS2/c1-11-28-27(16-21(4)36-24-14-12-22(13-15-24)19-33-20(2)3)34-30(37-28)23-17-25(31(5,6)7)29(35)26(18-23)32(8,9)10/h12-15,17-18,20-21,33,35H,11,16,19H2,1-10H3. The smallest absolute Gasteiger partial charge is 0.123 e. The minimum absolute atomic E-state index is 0.153. The number of benzene rings is 2. The summed E-state index contributed by atoms with van der Waals surface area (Å²) in [5.41, 5.74) is 5.31. The number of phenols is 1. The number of aromatic hydroxyl groups is 1. The Morgan fingerprint density at radius 2 is 1.51 bits per heavy atom. The number of aromatic nitrogens is 1. The molecule has 0 spiro atoms. The van der Waals surface area contributed by atoms with E-state index in [4.69, 9.17) is 4.98 Å². The molecule has 0 aliphatic rings. The van der Waals surface area contributed by atoms with Crippen molar-refractivity contribution in [1.29, 1.82) is 0 Å². The fraction of sp³-hybridized carbons (Fsp3) is 0.531. The maximum absolute atomic E-state index is 11.1. The van der Waals surface area contributed by atoms with Gasteiger partial charge in [0.15, 0.2) is 0 Å². The van der Waals surface area contributed by atoms with Crippen molar-refractivity contribution in [3.63, 3.8) is 0 Å². The highest BCUT2D eigenvalue weighted by Crippen LogP contribution is 2.43. The highest BCUT2D eigenvalue weighted by molar-refractivity contribution is 8.00. The Hall–Kier alpha value is -1.82. The molecule has 202 valence electrons. The van der Waals surface area contributed by atoms with Crippen LogP contribution < -0.4 is 5.32 Å². The molecule has 1 heterocycles. The van der Waals surface area contributed by atoms with Crippen LogP contribution in [0.5, 0.6) is 5.75 Å². The van der Waals surface area contributed by atoms with E-state index < -0.39 is 0 Å². The van der Waals surface area contributed by atoms with Crippen molar-refractivity contribution < 1.29 is 5.11 Å². The molecule has 0 aliphatic carbocycles. The van der Waals surface area contributed by atoms with Gasteiger partial charge in [0, 0.05) is 50.7 Å². The van der Waals surface area contributed by atoms with E-state index in [2.05, 4.69) is 111 Å². The molecule has 1 unspecified atom stereocenters. The number of thioether (sulfide) groups is 1. The van der Waals surface area contributed by atoms with Crippen LogP contribution in [0.2, 0.25) is 0 Å². The normalized spacial score (nSPS) is 13.4.